The van der Waals surface area contributed by atoms with E-state index in [0.717, 1.165) is 37.6 Å². The van der Waals surface area contributed by atoms with Crippen LogP contribution >= 0.6 is 0 Å². The maximum atomic E-state index is 13.8. The van der Waals surface area contributed by atoms with Crippen LogP contribution in [0.5, 0.6) is 0 Å². The highest BCUT2D eigenvalue weighted by atomic mass is 19.1. The second-order valence-corrected chi connectivity index (χ2v) is 5.59. The number of nitro groups is 1. The lowest BCUT2D eigenvalue weighted by molar-refractivity contribution is -0.384. The zero-order valence-corrected chi connectivity index (χ0v) is 11.4. The zero-order valence-electron chi connectivity index (χ0n) is 11.4. The fourth-order valence-corrected chi connectivity index (χ4v) is 3.17. The number of likely N-dealkylation sites (tertiary alicyclic amines) is 1. The van der Waals surface area contributed by atoms with Gasteiger partial charge >= 0.3 is 0 Å². The lowest BCUT2D eigenvalue weighted by Crippen LogP contribution is -2.41. The molecule has 1 aromatic carbocycles. The normalized spacial score (nSPS) is 24.7. The summed E-state index contributed by atoms with van der Waals surface area (Å²) in [5.41, 5.74) is -0.489. The van der Waals surface area contributed by atoms with Gasteiger partial charge in [-0.05, 0) is 31.4 Å². The van der Waals surface area contributed by atoms with Gasteiger partial charge in [-0.25, -0.2) is 4.39 Å². The molecule has 0 saturated carbocycles. The first kappa shape index (κ1) is 13.9. The van der Waals surface area contributed by atoms with Crippen LogP contribution in [0.25, 0.3) is 0 Å². The van der Waals surface area contributed by atoms with E-state index in [4.69, 9.17) is 0 Å². The third kappa shape index (κ3) is 2.61. The predicted molar refractivity (Wildman–Crippen MR) is 73.5 cm³/mol. The number of piperidine rings is 1. The molecule has 2 aliphatic rings. The van der Waals surface area contributed by atoms with Crippen LogP contribution in [0.15, 0.2) is 18.2 Å². The molecule has 2 atom stereocenters. The van der Waals surface area contributed by atoms with Crippen molar-refractivity contribution < 1.29 is 14.1 Å². The van der Waals surface area contributed by atoms with Crippen molar-refractivity contribution in [2.45, 2.75) is 18.9 Å². The number of nitro benzene ring substituents is 1. The summed E-state index contributed by atoms with van der Waals surface area (Å²) in [7, 11) is 0. The molecule has 1 N–H and O–H groups in total. The molecular weight excluding hydrogens is 277 g/mol. The van der Waals surface area contributed by atoms with Crippen LogP contribution in [-0.2, 0) is 0 Å². The summed E-state index contributed by atoms with van der Waals surface area (Å²) in [4.78, 5) is 24.2. The molecule has 7 heteroatoms. The number of carbonyl (C=O) groups is 1. The number of fused-ring (bicyclic) bond motifs is 1. The van der Waals surface area contributed by atoms with Crippen LogP contribution in [0.3, 0.4) is 0 Å². The number of non-ortho nitro benzene ring substituents is 1. The molecule has 0 radical (unpaired) electrons. The van der Waals surface area contributed by atoms with Gasteiger partial charge in [0.1, 0.15) is 5.82 Å². The standard InChI is InChI=1S/C14H16FN3O3/c15-12-4-3-10(18(20)21)6-11(12)14(19)17-7-9-2-1-5-16-13(9)8-17/h3-4,6,9,13,16H,1-2,5,7-8H2/t9-,13+/m0/s1. The number of halogens is 1. The van der Waals surface area contributed by atoms with Crippen molar-refractivity contribution in [3.05, 3.63) is 39.7 Å². The summed E-state index contributed by atoms with van der Waals surface area (Å²) < 4.78 is 13.8. The predicted octanol–water partition coefficient (Wildman–Crippen LogP) is 1.56. The SMILES string of the molecule is O=C(c1cc([N+](=O)[O-])ccc1F)N1C[C@@H]2CCCN[C@@H]2C1. The number of carbonyl (C=O) groups excluding carboxylic acids is 1. The molecule has 0 aromatic heterocycles. The minimum Gasteiger partial charge on any atom is -0.337 e. The van der Waals surface area contributed by atoms with E-state index in [2.05, 4.69) is 5.32 Å². The van der Waals surface area contributed by atoms with Crippen molar-refractivity contribution in [2.24, 2.45) is 5.92 Å². The number of amides is 1. The molecule has 2 saturated heterocycles. The van der Waals surface area contributed by atoms with Crippen molar-refractivity contribution in [3.8, 4) is 0 Å². The smallest absolute Gasteiger partial charge is 0.270 e. The Morgan fingerprint density at radius 3 is 2.95 bits per heavy atom. The minimum absolute atomic E-state index is 0.220. The molecule has 2 heterocycles. The van der Waals surface area contributed by atoms with Gasteiger partial charge in [0.05, 0.1) is 10.5 Å². The van der Waals surface area contributed by atoms with Gasteiger partial charge in [0.15, 0.2) is 0 Å². The third-order valence-electron chi connectivity index (χ3n) is 4.28. The first-order chi connectivity index (χ1) is 10.1. The maximum absolute atomic E-state index is 13.8. The number of nitrogens with one attached hydrogen (secondary N) is 1. The largest absolute Gasteiger partial charge is 0.337 e. The van der Waals surface area contributed by atoms with Crippen molar-refractivity contribution in [3.63, 3.8) is 0 Å². The summed E-state index contributed by atoms with van der Waals surface area (Å²) in [5.74, 6) is -0.787. The highest BCUT2D eigenvalue weighted by molar-refractivity contribution is 5.95. The molecule has 2 fully saturated rings. The summed E-state index contributed by atoms with van der Waals surface area (Å²) in [5, 5.41) is 14.1. The van der Waals surface area contributed by atoms with E-state index >= 15 is 0 Å². The lowest BCUT2D eigenvalue weighted by Gasteiger charge is -2.24. The van der Waals surface area contributed by atoms with Crippen LogP contribution < -0.4 is 5.32 Å². The Balaban J connectivity index is 1.82. The van der Waals surface area contributed by atoms with Gasteiger partial charge < -0.3 is 10.2 Å². The fraction of sp³-hybridized carbons (Fsp3) is 0.500. The van der Waals surface area contributed by atoms with E-state index in [1.165, 1.54) is 0 Å². The van der Waals surface area contributed by atoms with Gasteiger partial charge in [-0.15, -0.1) is 0 Å². The number of nitrogens with zero attached hydrogens (tertiary/aromatic N) is 2. The average molecular weight is 293 g/mol. The Labute approximate surface area is 121 Å². The highest BCUT2D eigenvalue weighted by Gasteiger charge is 2.37. The van der Waals surface area contributed by atoms with Crippen molar-refractivity contribution in [1.82, 2.24) is 10.2 Å². The van der Waals surface area contributed by atoms with E-state index in [1.54, 1.807) is 4.90 Å². The Morgan fingerprint density at radius 2 is 2.24 bits per heavy atom. The van der Waals surface area contributed by atoms with Crippen LogP contribution in [-0.4, -0.2) is 41.4 Å². The monoisotopic (exact) mass is 293 g/mol. The number of rotatable bonds is 2. The molecule has 21 heavy (non-hydrogen) atoms. The van der Waals surface area contributed by atoms with Gasteiger partial charge in [0.25, 0.3) is 11.6 Å². The number of hydrogen-bond acceptors (Lipinski definition) is 4. The average Bonchev–Trinajstić information content (AvgIpc) is 2.90. The van der Waals surface area contributed by atoms with Gasteiger partial charge in [0.2, 0.25) is 0 Å². The maximum Gasteiger partial charge on any atom is 0.270 e. The molecule has 112 valence electrons. The summed E-state index contributed by atoms with van der Waals surface area (Å²) in [6.07, 6.45) is 2.13. The molecule has 3 rings (SSSR count). The Morgan fingerprint density at radius 1 is 1.43 bits per heavy atom. The zero-order chi connectivity index (χ0) is 15.0. The van der Waals surface area contributed by atoms with Gasteiger partial charge in [0, 0.05) is 31.3 Å². The van der Waals surface area contributed by atoms with Gasteiger partial charge in [-0.3, -0.25) is 14.9 Å². The van der Waals surface area contributed by atoms with Crippen LogP contribution in [0, 0.1) is 21.8 Å². The van der Waals surface area contributed by atoms with Gasteiger partial charge in [-0.2, -0.15) is 0 Å². The Kier molecular flexibility index (Phi) is 3.59. The van der Waals surface area contributed by atoms with E-state index in [9.17, 15) is 19.3 Å². The summed E-state index contributed by atoms with van der Waals surface area (Å²) >= 11 is 0. The van der Waals surface area contributed by atoms with Crippen molar-refractivity contribution >= 4 is 11.6 Å². The summed E-state index contributed by atoms with van der Waals surface area (Å²) in [6, 6.07) is 3.32. The van der Waals surface area contributed by atoms with E-state index < -0.39 is 16.6 Å². The second kappa shape index (κ2) is 5.40. The first-order valence-corrected chi connectivity index (χ1v) is 7.03. The molecule has 0 spiro atoms. The molecule has 0 unspecified atom stereocenters. The minimum atomic E-state index is -0.714. The van der Waals surface area contributed by atoms with E-state index in [1.807, 2.05) is 0 Å². The summed E-state index contributed by atoms with van der Waals surface area (Å²) in [6.45, 7) is 2.05. The lowest BCUT2D eigenvalue weighted by atomic mass is 9.94. The number of hydrogen-bond donors (Lipinski definition) is 1. The fourth-order valence-electron chi connectivity index (χ4n) is 3.17. The topological polar surface area (TPSA) is 75.5 Å². The highest BCUT2D eigenvalue weighted by Crippen LogP contribution is 2.27. The molecular formula is C14H16FN3O3. The van der Waals surface area contributed by atoms with Crippen LogP contribution in [0.2, 0.25) is 0 Å². The van der Waals surface area contributed by atoms with Crippen molar-refractivity contribution in [2.75, 3.05) is 19.6 Å². The molecule has 0 bridgehead atoms. The van der Waals surface area contributed by atoms with Crippen molar-refractivity contribution in [1.29, 1.82) is 0 Å². The first-order valence-electron chi connectivity index (χ1n) is 7.03. The molecule has 6 nitrogen and oxygen atoms in total. The van der Waals surface area contributed by atoms with E-state index in [-0.39, 0.29) is 17.3 Å². The third-order valence-corrected chi connectivity index (χ3v) is 4.28. The Bertz CT molecular complexity index is 579. The number of benzene rings is 1. The van der Waals surface area contributed by atoms with E-state index in [0.29, 0.717) is 19.0 Å². The molecule has 0 aliphatic carbocycles. The molecule has 1 aromatic rings. The Hall–Kier alpha value is -2.02. The molecule has 1 amide bonds. The van der Waals surface area contributed by atoms with Gasteiger partial charge in [-0.1, -0.05) is 0 Å². The second-order valence-electron chi connectivity index (χ2n) is 5.59. The molecule has 2 aliphatic heterocycles. The van der Waals surface area contributed by atoms with Crippen LogP contribution in [0.4, 0.5) is 10.1 Å². The quantitative estimate of drug-likeness (QED) is 0.663. The van der Waals surface area contributed by atoms with Crippen LogP contribution in [0.1, 0.15) is 23.2 Å².